The summed E-state index contributed by atoms with van der Waals surface area (Å²) < 4.78 is 11.1. The van der Waals surface area contributed by atoms with Crippen molar-refractivity contribution in [1.82, 2.24) is 0 Å². The number of rotatable bonds is 8. The Morgan fingerprint density at radius 1 is 1.45 bits per heavy atom. The quantitative estimate of drug-likeness (QED) is 0.732. The number of benzene rings is 1. The van der Waals surface area contributed by atoms with Crippen molar-refractivity contribution < 1.29 is 14.3 Å². The Morgan fingerprint density at radius 2 is 2.20 bits per heavy atom. The second-order valence-electron chi connectivity index (χ2n) is 4.61. The highest BCUT2D eigenvalue weighted by Crippen LogP contribution is 2.29. The molecule has 0 bridgehead atoms. The van der Waals surface area contributed by atoms with E-state index in [9.17, 15) is 4.79 Å². The van der Waals surface area contributed by atoms with Crippen LogP contribution in [0.2, 0.25) is 0 Å². The van der Waals surface area contributed by atoms with Crippen molar-refractivity contribution in [3.63, 3.8) is 0 Å². The van der Waals surface area contributed by atoms with E-state index in [1.165, 1.54) is 7.11 Å². The van der Waals surface area contributed by atoms with E-state index in [1.807, 2.05) is 18.2 Å². The molecule has 1 rings (SSSR count). The van der Waals surface area contributed by atoms with Crippen molar-refractivity contribution in [2.45, 2.75) is 38.6 Å². The molecule has 20 heavy (non-hydrogen) atoms. The van der Waals surface area contributed by atoms with Gasteiger partial charge in [0.1, 0.15) is 5.75 Å². The van der Waals surface area contributed by atoms with Crippen LogP contribution in [0.4, 0.5) is 0 Å². The number of methoxy groups -OCH3 is 1. The predicted molar refractivity (Wildman–Crippen MR) is 82.7 cm³/mol. The van der Waals surface area contributed by atoms with Gasteiger partial charge in [0.15, 0.2) is 0 Å². The molecule has 0 aliphatic carbocycles. The Balaban J connectivity index is 2.53. The minimum atomic E-state index is -0.193. The van der Waals surface area contributed by atoms with Crippen LogP contribution in [0.15, 0.2) is 22.7 Å². The van der Waals surface area contributed by atoms with Crippen molar-refractivity contribution >= 4 is 21.9 Å². The van der Waals surface area contributed by atoms with Gasteiger partial charge < -0.3 is 15.2 Å². The van der Waals surface area contributed by atoms with Crippen LogP contribution in [0.25, 0.3) is 0 Å². The summed E-state index contributed by atoms with van der Waals surface area (Å²) in [6.07, 6.45) is 2.85. The number of ether oxygens (including phenoxy) is 2. The second kappa shape index (κ2) is 8.97. The van der Waals surface area contributed by atoms with Gasteiger partial charge in [-0.05, 0) is 52.9 Å². The van der Waals surface area contributed by atoms with E-state index in [0.29, 0.717) is 13.0 Å². The maximum atomic E-state index is 11.0. The monoisotopic (exact) mass is 343 g/mol. The number of hydrogen-bond donors (Lipinski definition) is 1. The molecule has 0 amide bonds. The lowest BCUT2D eigenvalue weighted by atomic mass is 10.0. The van der Waals surface area contributed by atoms with Crippen LogP contribution in [0.1, 0.15) is 44.2 Å². The van der Waals surface area contributed by atoms with E-state index in [2.05, 4.69) is 27.6 Å². The molecule has 0 radical (unpaired) electrons. The molecule has 0 spiro atoms. The Bertz CT molecular complexity index is 437. The van der Waals surface area contributed by atoms with Crippen molar-refractivity contribution in [3.8, 4) is 5.75 Å². The molecule has 0 saturated heterocycles. The molecule has 0 aromatic heterocycles. The number of carbonyl (C=O) groups excluding carboxylic acids is 1. The summed E-state index contributed by atoms with van der Waals surface area (Å²) in [5.74, 6) is 0.638. The van der Waals surface area contributed by atoms with Gasteiger partial charge in [-0.1, -0.05) is 13.0 Å². The fourth-order valence-electron chi connectivity index (χ4n) is 1.81. The van der Waals surface area contributed by atoms with Crippen LogP contribution >= 0.6 is 15.9 Å². The molecular formula is C15H22BrNO3. The molecule has 0 saturated carbocycles. The zero-order valence-electron chi connectivity index (χ0n) is 12.0. The van der Waals surface area contributed by atoms with Crippen molar-refractivity contribution in [2.75, 3.05) is 13.7 Å². The maximum Gasteiger partial charge on any atom is 0.305 e. The van der Waals surface area contributed by atoms with Gasteiger partial charge in [0, 0.05) is 12.5 Å². The summed E-state index contributed by atoms with van der Waals surface area (Å²) in [5, 5.41) is 0. The third-order valence-corrected chi connectivity index (χ3v) is 3.59. The standard InChI is InChI=1S/C15H22BrNO3/c1-3-9-20-14-8-7-11(10-12(14)16)13(17)5-4-6-15(18)19-2/h7-8,10,13H,3-6,9,17H2,1-2H3. The van der Waals surface area contributed by atoms with E-state index >= 15 is 0 Å². The van der Waals surface area contributed by atoms with Crippen LogP contribution in [-0.2, 0) is 9.53 Å². The first-order valence-electron chi connectivity index (χ1n) is 6.83. The molecule has 0 aliphatic rings. The molecule has 1 aromatic carbocycles. The summed E-state index contributed by atoms with van der Waals surface area (Å²) in [7, 11) is 1.40. The van der Waals surface area contributed by atoms with Crippen molar-refractivity contribution in [1.29, 1.82) is 0 Å². The Labute approximate surface area is 128 Å². The van der Waals surface area contributed by atoms with E-state index in [4.69, 9.17) is 10.5 Å². The lowest BCUT2D eigenvalue weighted by Crippen LogP contribution is -2.11. The highest BCUT2D eigenvalue weighted by molar-refractivity contribution is 9.10. The summed E-state index contributed by atoms with van der Waals surface area (Å²) in [6.45, 7) is 2.77. The van der Waals surface area contributed by atoms with Gasteiger partial charge in [0.25, 0.3) is 0 Å². The molecular weight excluding hydrogens is 322 g/mol. The third-order valence-electron chi connectivity index (χ3n) is 2.97. The van der Waals surface area contributed by atoms with Crippen LogP contribution in [0, 0.1) is 0 Å². The van der Waals surface area contributed by atoms with Crippen LogP contribution in [0.3, 0.4) is 0 Å². The lowest BCUT2D eigenvalue weighted by Gasteiger charge is -2.14. The molecule has 5 heteroatoms. The normalized spacial score (nSPS) is 12.0. The number of esters is 1. The van der Waals surface area contributed by atoms with Gasteiger partial charge in [-0.15, -0.1) is 0 Å². The fraction of sp³-hybridized carbons (Fsp3) is 0.533. The highest BCUT2D eigenvalue weighted by atomic mass is 79.9. The van der Waals surface area contributed by atoms with E-state index in [-0.39, 0.29) is 12.0 Å². The molecule has 4 nitrogen and oxygen atoms in total. The minimum absolute atomic E-state index is 0.0869. The second-order valence-corrected chi connectivity index (χ2v) is 5.47. The summed E-state index contributed by atoms with van der Waals surface area (Å²) in [5.41, 5.74) is 7.16. The average Bonchev–Trinajstić information content (AvgIpc) is 2.45. The van der Waals surface area contributed by atoms with Crippen LogP contribution < -0.4 is 10.5 Å². The SMILES string of the molecule is CCCOc1ccc(C(N)CCCC(=O)OC)cc1Br. The van der Waals surface area contributed by atoms with Gasteiger partial charge in [0.05, 0.1) is 18.2 Å². The Hall–Kier alpha value is -1.07. The van der Waals surface area contributed by atoms with Gasteiger partial charge in [0.2, 0.25) is 0 Å². The Morgan fingerprint density at radius 3 is 2.80 bits per heavy atom. The highest BCUT2D eigenvalue weighted by Gasteiger charge is 2.10. The zero-order valence-corrected chi connectivity index (χ0v) is 13.6. The van der Waals surface area contributed by atoms with E-state index in [1.54, 1.807) is 0 Å². The van der Waals surface area contributed by atoms with Crippen molar-refractivity contribution in [2.24, 2.45) is 5.73 Å². The first kappa shape index (κ1) is 17.0. The minimum Gasteiger partial charge on any atom is -0.492 e. The first-order chi connectivity index (χ1) is 9.58. The summed E-state index contributed by atoms with van der Waals surface area (Å²) >= 11 is 3.49. The van der Waals surface area contributed by atoms with Gasteiger partial charge in [-0.2, -0.15) is 0 Å². The van der Waals surface area contributed by atoms with Crippen LogP contribution in [-0.4, -0.2) is 19.7 Å². The van der Waals surface area contributed by atoms with Gasteiger partial charge >= 0.3 is 5.97 Å². The molecule has 0 aliphatic heterocycles. The number of hydrogen-bond acceptors (Lipinski definition) is 4. The average molecular weight is 344 g/mol. The number of nitrogens with two attached hydrogens (primary N) is 1. The summed E-state index contributed by atoms with van der Waals surface area (Å²) in [6, 6.07) is 5.79. The lowest BCUT2D eigenvalue weighted by molar-refractivity contribution is -0.140. The van der Waals surface area contributed by atoms with E-state index in [0.717, 1.165) is 35.0 Å². The maximum absolute atomic E-state index is 11.0. The Kier molecular flexibility index (Phi) is 7.62. The molecule has 1 atom stereocenters. The number of halogens is 1. The zero-order chi connectivity index (χ0) is 15.0. The fourth-order valence-corrected chi connectivity index (χ4v) is 2.32. The van der Waals surface area contributed by atoms with Gasteiger partial charge in [-0.25, -0.2) is 0 Å². The van der Waals surface area contributed by atoms with Crippen molar-refractivity contribution in [3.05, 3.63) is 28.2 Å². The molecule has 1 aromatic rings. The van der Waals surface area contributed by atoms with Gasteiger partial charge in [-0.3, -0.25) is 4.79 Å². The molecule has 112 valence electrons. The largest absolute Gasteiger partial charge is 0.492 e. The topological polar surface area (TPSA) is 61.5 Å². The summed E-state index contributed by atoms with van der Waals surface area (Å²) in [4.78, 5) is 11.0. The molecule has 0 fully saturated rings. The molecule has 2 N–H and O–H groups in total. The number of carbonyl (C=O) groups is 1. The van der Waals surface area contributed by atoms with E-state index < -0.39 is 0 Å². The smallest absolute Gasteiger partial charge is 0.305 e. The predicted octanol–water partition coefficient (Wildman–Crippen LogP) is 3.58. The first-order valence-corrected chi connectivity index (χ1v) is 7.62. The molecule has 0 heterocycles. The third kappa shape index (κ3) is 5.51. The molecule has 1 unspecified atom stereocenters. The van der Waals surface area contributed by atoms with Crippen LogP contribution in [0.5, 0.6) is 5.75 Å².